The summed E-state index contributed by atoms with van der Waals surface area (Å²) in [5.74, 6) is -0.158. The van der Waals surface area contributed by atoms with Gasteiger partial charge in [-0.3, -0.25) is 14.5 Å². The van der Waals surface area contributed by atoms with Crippen LogP contribution >= 0.6 is 15.9 Å². The molecule has 3 rings (SSSR count). The van der Waals surface area contributed by atoms with Crippen LogP contribution in [0.5, 0.6) is 0 Å². The smallest absolute Gasteiger partial charge is 0.253 e. The summed E-state index contributed by atoms with van der Waals surface area (Å²) in [6.07, 6.45) is 3.62. The number of piperidine rings is 1. The highest BCUT2D eigenvalue weighted by Crippen LogP contribution is 2.23. The van der Waals surface area contributed by atoms with Crippen LogP contribution in [0.3, 0.4) is 0 Å². The first-order valence-corrected chi connectivity index (χ1v) is 11.5. The fraction of sp³-hybridized carbons (Fsp3) is 0.417. The second kappa shape index (κ2) is 11.3. The summed E-state index contributed by atoms with van der Waals surface area (Å²) in [6, 6.07) is 15.6. The molecule has 1 fully saturated rings. The standard InChI is InChI=1S/C24H30BrN3O2/c1-2-3-13-26-24(30)21-9-4-5-10-22(21)27-23(29)19-11-14-28(15-12-19)17-18-7-6-8-20(25)16-18/h4-10,16,19H,2-3,11-15,17H2,1H3,(H,26,30)(H,27,29). The van der Waals surface area contributed by atoms with E-state index in [0.717, 1.165) is 49.8 Å². The molecular formula is C24H30BrN3O2. The molecule has 0 aliphatic carbocycles. The van der Waals surface area contributed by atoms with Crippen molar-refractivity contribution in [3.63, 3.8) is 0 Å². The highest BCUT2D eigenvalue weighted by atomic mass is 79.9. The topological polar surface area (TPSA) is 61.4 Å². The van der Waals surface area contributed by atoms with Gasteiger partial charge in [0.15, 0.2) is 0 Å². The van der Waals surface area contributed by atoms with Gasteiger partial charge in [0.25, 0.3) is 5.91 Å². The number of amides is 2. The number of nitrogens with zero attached hydrogens (tertiary/aromatic N) is 1. The molecule has 2 amide bonds. The van der Waals surface area contributed by atoms with Gasteiger partial charge in [0.2, 0.25) is 5.91 Å². The van der Waals surface area contributed by atoms with Crippen LogP contribution in [0.25, 0.3) is 0 Å². The Morgan fingerprint density at radius 3 is 2.60 bits per heavy atom. The van der Waals surface area contributed by atoms with Crippen LogP contribution in [0.1, 0.15) is 48.5 Å². The number of halogens is 1. The maximum Gasteiger partial charge on any atom is 0.253 e. The number of carbonyl (C=O) groups excluding carboxylic acids is 2. The molecule has 1 aliphatic rings. The Bertz CT molecular complexity index is 863. The number of likely N-dealkylation sites (tertiary alicyclic amines) is 1. The third-order valence-electron chi connectivity index (χ3n) is 5.50. The van der Waals surface area contributed by atoms with E-state index in [-0.39, 0.29) is 17.7 Å². The van der Waals surface area contributed by atoms with Crippen molar-refractivity contribution in [1.82, 2.24) is 10.2 Å². The monoisotopic (exact) mass is 471 g/mol. The lowest BCUT2D eigenvalue weighted by Gasteiger charge is -2.31. The van der Waals surface area contributed by atoms with Crippen LogP contribution < -0.4 is 10.6 Å². The van der Waals surface area contributed by atoms with E-state index in [4.69, 9.17) is 0 Å². The van der Waals surface area contributed by atoms with Gasteiger partial charge in [0.05, 0.1) is 11.3 Å². The Hall–Kier alpha value is -2.18. The average Bonchev–Trinajstić information content (AvgIpc) is 2.75. The Balaban J connectivity index is 1.53. The second-order valence-electron chi connectivity index (χ2n) is 7.82. The van der Waals surface area contributed by atoms with E-state index in [0.29, 0.717) is 17.8 Å². The molecule has 1 saturated heterocycles. The van der Waals surface area contributed by atoms with Crippen molar-refractivity contribution in [3.05, 3.63) is 64.1 Å². The first kappa shape index (κ1) is 22.5. The molecule has 2 aromatic rings. The number of nitrogens with one attached hydrogen (secondary N) is 2. The molecule has 0 spiro atoms. The van der Waals surface area contributed by atoms with E-state index >= 15 is 0 Å². The van der Waals surface area contributed by atoms with Gasteiger partial charge in [-0.2, -0.15) is 0 Å². The molecule has 0 radical (unpaired) electrons. The molecule has 0 unspecified atom stereocenters. The molecule has 0 bridgehead atoms. The van der Waals surface area contributed by atoms with E-state index in [9.17, 15) is 9.59 Å². The molecule has 1 heterocycles. The minimum Gasteiger partial charge on any atom is -0.352 e. The molecule has 0 saturated carbocycles. The zero-order chi connectivity index (χ0) is 21.3. The second-order valence-corrected chi connectivity index (χ2v) is 8.74. The number of unbranched alkanes of at least 4 members (excludes halogenated alkanes) is 1. The van der Waals surface area contributed by atoms with Crippen LogP contribution in [-0.4, -0.2) is 36.3 Å². The first-order chi connectivity index (χ1) is 14.6. The number of hydrogen-bond acceptors (Lipinski definition) is 3. The van der Waals surface area contributed by atoms with Gasteiger partial charge in [-0.1, -0.05) is 53.5 Å². The summed E-state index contributed by atoms with van der Waals surface area (Å²) >= 11 is 3.52. The lowest BCUT2D eigenvalue weighted by Crippen LogP contribution is -2.38. The first-order valence-electron chi connectivity index (χ1n) is 10.7. The van der Waals surface area contributed by atoms with Gasteiger partial charge < -0.3 is 10.6 Å². The summed E-state index contributed by atoms with van der Waals surface area (Å²) in [6.45, 7) is 5.42. The lowest BCUT2D eigenvalue weighted by atomic mass is 9.95. The molecule has 6 heteroatoms. The molecule has 0 aromatic heterocycles. The highest BCUT2D eigenvalue weighted by Gasteiger charge is 2.26. The van der Waals surface area contributed by atoms with Crippen LogP contribution in [0, 0.1) is 5.92 Å². The molecule has 160 valence electrons. The van der Waals surface area contributed by atoms with Crippen molar-refractivity contribution in [2.75, 3.05) is 25.0 Å². The molecule has 1 aliphatic heterocycles. The highest BCUT2D eigenvalue weighted by molar-refractivity contribution is 9.10. The number of carbonyl (C=O) groups is 2. The zero-order valence-electron chi connectivity index (χ0n) is 17.5. The van der Waals surface area contributed by atoms with Gasteiger partial charge >= 0.3 is 0 Å². The van der Waals surface area contributed by atoms with Gasteiger partial charge in [0.1, 0.15) is 0 Å². The van der Waals surface area contributed by atoms with Crippen LogP contribution in [-0.2, 0) is 11.3 Å². The van der Waals surface area contributed by atoms with E-state index in [1.807, 2.05) is 18.2 Å². The van der Waals surface area contributed by atoms with Crippen LogP contribution in [0.2, 0.25) is 0 Å². The van der Waals surface area contributed by atoms with E-state index in [1.165, 1.54) is 5.56 Å². The third kappa shape index (κ3) is 6.41. The summed E-state index contributed by atoms with van der Waals surface area (Å²) in [5, 5.41) is 5.92. The van der Waals surface area contributed by atoms with Gasteiger partial charge in [-0.25, -0.2) is 0 Å². The maximum absolute atomic E-state index is 12.8. The molecule has 2 aromatic carbocycles. The van der Waals surface area contributed by atoms with Crippen molar-refractivity contribution >= 4 is 33.4 Å². The normalized spacial score (nSPS) is 15.0. The van der Waals surface area contributed by atoms with Crippen molar-refractivity contribution < 1.29 is 9.59 Å². The Labute approximate surface area is 187 Å². The maximum atomic E-state index is 12.8. The number of para-hydroxylation sites is 1. The SMILES string of the molecule is CCCCNC(=O)c1ccccc1NC(=O)C1CCN(Cc2cccc(Br)c2)CC1. The minimum absolute atomic E-state index is 0.00548. The fourth-order valence-electron chi connectivity index (χ4n) is 3.75. The van der Waals surface area contributed by atoms with Crippen molar-refractivity contribution in [1.29, 1.82) is 0 Å². The molecule has 2 N–H and O–H groups in total. The van der Waals surface area contributed by atoms with Gasteiger partial charge in [0, 0.05) is 23.5 Å². The van der Waals surface area contributed by atoms with Crippen molar-refractivity contribution in [2.45, 2.75) is 39.2 Å². The number of rotatable bonds is 8. The quantitative estimate of drug-likeness (QED) is 0.541. The van der Waals surface area contributed by atoms with E-state index in [2.05, 4.69) is 56.6 Å². The van der Waals surface area contributed by atoms with Crippen molar-refractivity contribution in [3.8, 4) is 0 Å². The predicted molar refractivity (Wildman–Crippen MR) is 124 cm³/mol. The molecular weight excluding hydrogens is 442 g/mol. The fourth-order valence-corrected chi connectivity index (χ4v) is 4.19. The summed E-state index contributed by atoms with van der Waals surface area (Å²) in [7, 11) is 0. The summed E-state index contributed by atoms with van der Waals surface area (Å²) in [4.78, 5) is 27.7. The predicted octanol–water partition coefficient (Wildman–Crippen LogP) is 4.83. The van der Waals surface area contributed by atoms with Crippen molar-refractivity contribution in [2.24, 2.45) is 5.92 Å². The summed E-state index contributed by atoms with van der Waals surface area (Å²) < 4.78 is 1.09. The van der Waals surface area contributed by atoms with Crippen LogP contribution in [0.15, 0.2) is 53.0 Å². The molecule has 5 nitrogen and oxygen atoms in total. The van der Waals surface area contributed by atoms with E-state index in [1.54, 1.807) is 12.1 Å². The summed E-state index contributed by atoms with van der Waals surface area (Å²) in [5.41, 5.74) is 2.39. The Morgan fingerprint density at radius 1 is 1.10 bits per heavy atom. The largest absolute Gasteiger partial charge is 0.352 e. The van der Waals surface area contributed by atoms with E-state index < -0.39 is 0 Å². The number of hydrogen-bond donors (Lipinski definition) is 2. The molecule has 30 heavy (non-hydrogen) atoms. The third-order valence-corrected chi connectivity index (χ3v) is 5.99. The minimum atomic E-state index is -0.136. The zero-order valence-corrected chi connectivity index (χ0v) is 19.1. The van der Waals surface area contributed by atoms with Crippen LogP contribution in [0.4, 0.5) is 5.69 Å². The lowest BCUT2D eigenvalue weighted by molar-refractivity contribution is -0.121. The average molecular weight is 472 g/mol. The number of benzene rings is 2. The van der Waals surface area contributed by atoms with Gasteiger partial charge in [-0.05, 0) is 62.2 Å². The number of anilines is 1. The molecule has 0 atom stereocenters. The Morgan fingerprint density at radius 2 is 1.87 bits per heavy atom. The van der Waals surface area contributed by atoms with Gasteiger partial charge in [-0.15, -0.1) is 0 Å². The Kier molecular flexibility index (Phi) is 8.46.